The maximum Gasteiger partial charge on any atom is 0.289 e. The molecule has 0 unspecified atom stereocenters. The number of oxime groups is 1. The van der Waals surface area contributed by atoms with E-state index in [1.807, 2.05) is 90.9 Å². The minimum atomic E-state index is -1.05. The molecule has 1 saturated heterocycles. The lowest BCUT2D eigenvalue weighted by Gasteiger charge is -2.35. The minimum absolute atomic E-state index is 0.0120. The van der Waals surface area contributed by atoms with Gasteiger partial charge in [0.1, 0.15) is 17.8 Å². The van der Waals surface area contributed by atoms with E-state index in [1.165, 1.54) is 4.90 Å². The molecule has 6 atom stereocenters. The Morgan fingerprint density at radius 1 is 1.00 bits per heavy atom. The van der Waals surface area contributed by atoms with Crippen molar-refractivity contribution in [1.82, 2.24) is 20.9 Å². The highest BCUT2D eigenvalue weighted by atomic mass is 16.7. The molecule has 4 amide bonds. The van der Waals surface area contributed by atoms with Crippen LogP contribution >= 0.6 is 0 Å². The fraction of sp³-hybridized carbons (Fsp3) is 0.571. The monoisotopic (exact) mass is 741 g/mol. The number of hydrogen-bond acceptors (Lipinski definition) is 8. The van der Waals surface area contributed by atoms with Crippen LogP contribution in [0, 0.1) is 25.2 Å². The second kappa shape index (κ2) is 15.5. The van der Waals surface area contributed by atoms with Gasteiger partial charge in [-0.25, -0.2) is 0 Å². The Morgan fingerprint density at radius 3 is 2.30 bits per heavy atom. The summed E-state index contributed by atoms with van der Waals surface area (Å²) in [7, 11) is 0. The third kappa shape index (κ3) is 8.47. The largest absolute Gasteiger partial charge is 0.493 e. The Hall–Kier alpha value is -4.74. The number of rotatable bonds is 14. The van der Waals surface area contributed by atoms with Gasteiger partial charge in [-0.15, -0.1) is 0 Å². The molecule has 2 aromatic rings. The summed E-state index contributed by atoms with van der Waals surface area (Å²) in [6, 6.07) is 10.8. The van der Waals surface area contributed by atoms with Crippen LogP contribution in [-0.2, 0) is 28.8 Å². The summed E-state index contributed by atoms with van der Waals surface area (Å²) in [4.78, 5) is 76.6. The molecule has 0 radical (unpaired) electrons. The summed E-state index contributed by atoms with van der Waals surface area (Å²) in [5.41, 5.74) is 2.83. The van der Waals surface area contributed by atoms with E-state index in [-0.39, 0.29) is 43.2 Å². The highest BCUT2D eigenvalue weighted by Crippen LogP contribution is 2.48. The highest BCUT2D eigenvalue weighted by molar-refractivity contribution is 6.38. The molecular formula is C42H55N5O7. The molecule has 6 rings (SSSR count). The first-order chi connectivity index (χ1) is 25.6. The zero-order valence-electron chi connectivity index (χ0n) is 32.6. The molecule has 3 fully saturated rings. The Balaban J connectivity index is 1.25. The Bertz CT molecular complexity index is 1790. The Kier molecular flexibility index (Phi) is 11.2. The molecule has 54 heavy (non-hydrogen) atoms. The van der Waals surface area contributed by atoms with Crippen molar-refractivity contribution < 1.29 is 33.5 Å². The number of nitrogens with one attached hydrogen (secondary N) is 3. The molecule has 2 aromatic carbocycles. The lowest BCUT2D eigenvalue weighted by Crippen LogP contribution is -2.59. The summed E-state index contributed by atoms with van der Waals surface area (Å²) in [5, 5.41) is 13.1. The van der Waals surface area contributed by atoms with Gasteiger partial charge in [-0.1, -0.05) is 69.6 Å². The van der Waals surface area contributed by atoms with Gasteiger partial charge < -0.3 is 30.4 Å². The van der Waals surface area contributed by atoms with Crippen LogP contribution in [0.1, 0.15) is 108 Å². The van der Waals surface area contributed by atoms with E-state index in [9.17, 15) is 24.0 Å². The summed E-state index contributed by atoms with van der Waals surface area (Å²) in [5.74, 6) is -1.95. The van der Waals surface area contributed by atoms with Crippen LogP contribution in [0.25, 0.3) is 0 Å². The van der Waals surface area contributed by atoms with E-state index in [0.717, 1.165) is 40.8 Å². The highest BCUT2D eigenvalue weighted by Gasteiger charge is 2.56. The van der Waals surface area contributed by atoms with Crippen molar-refractivity contribution in [2.45, 2.75) is 129 Å². The number of carbonyl (C=O) groups is 5. The number of nitrogens with zero attached hydrogens (tertiary/aromatic N) is 2. The number of hydrogen-bond donors (Lipinski definition) is 3. The second-order valence-corrected chi connectivity index (χ2v) is 16.7. The molecule has 2 aliphatic carbocycles. The van der Waals surface area contributed by atoms with Crippen LogP contribution in [0.3, 0.4) is 0 Å². The average molecular weight is 742 g/mol. The lowest BCUT2D eigenvalue weighted by molar-refractivity contribution is -0.145. The SMILES string of the molecule is CCC[C@H](NC(=O)[C@@H]1C[C@]2(CC(c3cc(C)c(OCC)c(C)c3)=NO2)CN1C(=O)[C@@H](NC(=O)[C@@H]1C[C@H]1c1ccccc1)C(C)(C)C)C(=O)C(=O)NC1CC1. The maximum absolute atomic E-state index is 14.8. The van der Waals surface area contributed by atoms with Crippen LogP contribution < -0.4 is 20.7 Å². The van der Waals surface area contributed by atoms with E-state index in [4.69, 9.17) is 9.57 Å². The van der Waals surface area contributed by atoms with Crippen molar-refractivity contribution in [3.05, 3.63) is 64.7 Å². The minimum Gasteiger partial charge on any atom is -0.493 e. The number of ether oxygens (including phenoxy) is 1. The fourth-order valence-electron chi connectivity index (χ4n) is 7.86. The van der Waals surface area contributed by atoms with Gasteiger partial charge in [0.25, 0.3) is 5.91 Å². The van der Waals surface area contributed by atoms with Gasteiger partial charge in [-0.05, 0) is 86.6 Å². The maximum atomic E-state index is 14.8. The van der Waals surface area contributed by atoms with Crippen LogP contribution in [0.2, 0.25) is 0 Å². The molecule has 1 spiro atoms. The van der Waals surface area contributed by atoms with E-state index in [2.05, 4.69) is 21.1 Å². The lowest BCUT2D eigenvalue weighted by atomic mass is 9.85. The van der Waals surface area contributed by atoms with Gasteiger partial charge in [0.15, 0.2) is 5.60 Å². The van der Waals surface area contributed by atoms with E-state index < -0.39 is 52.6 Å². The van der Waals surface area contributed by atoms with Crippen LogP contribution in [0.4, 0.5) is 0 Å². The molecular weight excluding hydrogens is 686 g/mol. The first-order valence-electron chi connectivity index (χ1n) is 19.4. The Morgan fingerprint density at radius 2 is 1.69 bits per heavy atom. The zero-order chi connectivity index (χ0) is 38.9. The van der Waals surface area contributed by atoms with Crippen molar-refractivity contribution in [2.75, 3.05) is 13.2 Å². The van der Waals surface area contributed by atoms with Gasteiger partial charge in [0.05, 0.1) is 24.9 Å². The van der Waals surface area contributed by atoms with Gasteiger partial charge in [0, 0.05) is 30.4 Å². The van der Waals surface area contributed by atoms with E-state index >= 15 is 0 Å². The van der Waals surface area contributed by atoms with Crippen molar-refractivity contribution in [3.63, 3.8) is 0 Å². The van der Waals surface area contributed by atoms with Crippen LogP contribution in [-0.4, -0.2) is 82.9 Å². The molecule has 0 aromatic heterocycles. The molecule has 3 N–H and O–H groups in total. The molecule has 12 heteroatoms. The molecule has 2 saturated carbocycles. The number of likely N-dealkylation sites (tertiary alicyclic amines) is 1. The van der Waals surface area contributed by atoms with Gasteiger partial charge in [-0.2, -0.15) is 0 Å². The van der Waals surface area contributed by atoms with Crippen molar-refractivity contribution in [1.29, 1.82) is 0 Å². The molecule has 4 aliphatic rings. The zero-order valence-corrected chi connectivity index (χ0v) is 32.6. The van der Waals surface area contributed by atoms with Gasteiger partial charge in [0.2, 0.25) is 23.5 Å². The van der Waals surface area contributed by atoms with Crippen LogP contribution in [0.15, 0.2) is 47.6 Å². The summed E-state index contributed by atoms with van der Waals surface area (Å²) in [6.07, 6.45) is 3.60. The molecule has 290 valence electrons. The average Bonchev–Trinajstić information content (AvgIpc) is 4.05. The summed E-state index contributed by atoms with van der Waals surface area (Å²) >= 11 is 0. The normalized spacial score (nSPS) is 24.2. The van der Waals surface area contributed by atoms with Crippen molar-refractivity contribution in [2.24, 2.45) is 16.5 Å². The number of benzene rings is 2. The smallest absolute Gasteiger partial charge is 0.289 e. The second-order valence-electron chi connectivity index (χ2n) is 16.7. The number of aryl methyl sites for hydroxylation is 2. The van der Waals surface area contributed by atoms with E-state index in [1.54, 1.807) is 0 Å². The first-order valence-corrected chi connectivity index (χ1v) is 19.4. The third-order valence-electron chi connectivity index (χ3n) is 11.0. The molecule has 0 bridgehead atoms. The number of carbonyl (C=O) groups excluding carboxylic acids is 5. The first kappa shape index (κ1) is 39.0. The number of amides is 4. The number of ketones is 1. The predicted molar refractivity (Wildman–Crippen MR) is 204 cm³/mol. The quantitative estimate of drug-likeness (QED) is 0.239. The third-order valence-corrected chi connectivity index (χ3v) is 11.0. The number of Topliss-reactive ketones (excluding diaryl/α,β-unsaturated/α-hetero) is 1. The topological polar surface area (TPSA) is 156 Å². The summed E-state index contributed by atoms with van der Waals surface area (Å²) < 4.78 is 5.85. The molecule has 12 nitrogen and oxygen atoms in total. The standard InChI is InChI=1S/C42H55N5O7/c1-8-13-31(34(48)39(51)43-28-16-17-28)44-38(50)33-22-42(21-32(46-54-42)27-18-24(3)35(53-9-2)25(4)19-27)23-47(33)40(52)36(41(5,6)7)45-37(49)30-20-29(30)26-14-11-10-12-15-26/h10-12,14-15,18-19,28-31,33,36H,8-9,13,16-17,20-23H2,1-7H3,(H,43,51)(H,44,50)(H,45,49)/t29-,30+,31-,33-,36+,42+/m0/s1. The van der Waals surface area contributed by atoms with Gasteiger partial charge >= 0.3 is 0 Å². The van der Waals surface area contributed by atoms with Crippen molar-refractivity contribution >= 4 is 35.1 Å². The van der Waals surface area contributed by atoms with E-state index in [0.29, 0.717) is 31.6 Å². The van der Waals surface area contributed by atoms with Gasteiger partial charge in [-0.3, -0.25) is 24.0 Å². The molecule has 2 heterocycles. The summed E-state index contributed by atoms with van der Waals surface area (Å²) in [6.45, 7) is 14.0. The van der Waals surface area contributed by atoms with Crippen molar-refractivity contribution in [3.8, 4) is 5.75 Å². The predicted octanol–water partition coefficient (Wildman–Crippen LogP) is 4.63. The fourth-order valence-corrected chi connectivity index (χ4v) is 7.86. The molecule has 2 aliphatic heterocycles. The van der Waals surface area contributed by atoms with Crippen LogP contribution in [0.5, 0.6) is 5.75 Å². The Labute approximate surface area is 318 Å².